The van der Waals surface area contributed by atoms with Crippen LogP contribution in [-0.2, 0) is 4.79 Å². The van der Waals surface area contributed by atoms with E-state index in [1.54, 1.807) is 18.2 Å². The number of halogens is 3. The zero-order chi connectivity index (χ0) is 16.6. The lowest BCUT2D eigenvalue weighted by Crippen LogP contribution is -2.09. The van der Waals surface area contributed by atoms with Crippen LogP contribution in [0.4, 0.5) is 0 Å². The molecule has 0 atom stereocenters. The van der Waals surface area contributed by atoms with Crippen LogP contribution >= 0.6 is 33.2 Å². The fourth-order valence-electron chi connectivity index (χ4n) is 1.68. The molecule has 0 heterocycles. The highest BCUT2D eigenvalue weighted by Crippen LogP contribution is 2.30. The second-order valence-electron chi connectivity index (χ2n) is 4.50. The number of carboxylic acids is 1. The first kappa shape index (κ1) is 19.2. The van der Waals surface area contributed by atoms with Crippen LogP contribution < -0.4 is 9.47 Å². The van der Waals surface area contributed by atoms with E-state index in [9.17, 15) is 4.79 Å². The number of unbranched alkanes of at least 4 members (excludes halogenated alkanes) is 1. The van der Waals surface area contributed by atoms with Gasteiger partial charge in [-0.3, -0.25) is 0 Å². The molecule has 0 aliphatic heterocycles. The number of rotatable bonds is 9. The first-order chi connectivity index (χ1) is 10.3. The molecular formula is C14H17Cl3O4Si. The van der Waals surface area contributed by atoms with Crippen LogP contribution in [0.1, 0.15) is 18.4 Å². The second kappa shape index (κ2) is 9.30. The summed E-state index contributed by atoms with van der Waals surface area (Å²) in [6.07, 6.45) is 4.13. The molecule has 0 fully saturated rings. The van der Waals surface area contributed by atoms with Crippen molar-refractivity contribution in [1.82, 2.24) is 0 Å². The third kappa shape index (κ3) is 7.94. The van der Waals surface area contributed by atoms with Gasteiger partial charge in [-0.05, 0) is 42.7 Å². The van der Waals surface area contributed by atoms with Gasteiger partial charge < -0.3 is 14.6 Å². The van der Waals surface area contributed by atoms with Crippen molar-refractivity contribution in [3.8, 4) is 11.5 Å². The largest absolute Gasteiger partial charge is 0.493 e. The molecule has 0 saturated heterocycles. The highest BCUT2D eigenvalue weighted by atomic mass is 35.8. The van der Waals surface area contributed by atoms with E-state index >= 15 is 0 Å². The Balaban J connectivity index is 2.55. The van der Waals surface area contributed by atoms with Crippen molar-refractivity contribution in [2.45, 2.75) is 18.9 Å². The van der Waals surface area contributed by atoms with E-state index in [4.69, 9.17) is 47.8 Å². The summed E-state index contributed by atoms with van der Waals surface area (Å²) < 4.78 is 10.9. The summed E-state index contributed by atoms with van der Waals surface area (Å²) in [5.41, 5.74) is 0.716. The molecule has 4 nitrogen and oxygen atoms in total. The lowest BCUT2D eigenvalue weighted by atomic mass is 10.2. The van der Waals surface area contributed by atoms with Gasteiger partial charge in [0.1, 0.15) is 0 Å². The van der Waals surface area contributed by atoms with E-state index in [-0.39, 0.29) is 0 Å². The number of benzene rings is 1. The maximum absolute atomic E-state index is 10.5. The van der Waals surface area contributed by atoms with E-state index in [1.165, 1.54) is 13.2 Å². The van der Waals surface area contributed by atoms with Gasteiger partial charge in [0.25, 0.3) is 0 Å². The zero-order valence-corrected chi connectivity index (χ0v) is 15.3. The van der Waals surface area contributed by atoms with Crippen LogP contribution in [0.25, 0.3) is 6.08 Å². The third-order valence-corrected chi connectivity index (χ3v) is 5.34. The fourth-order valence-corrected chi connectivity index (χ4v) is 3.54. The molecule has 22 heavy (non-hydrogen) atoms. The Kier molecular flexibility index (Phi) is 8.10. The minimum absolute atomic E-state index is 0.496. The van der Waals surface area contributed by atoms with Crippen LogP contribution in [-0.4, -0.2) is 30.8 Å². The summed E-state index contributed by atoms with van der Waals surface area (Å²) in [7, 11) is 1.53. The summed E-state index contributed by atoms with van der Waals surface area (Å²) in [6, 6.07) is 3.27. The topological polar surface area (TPSA) is 55.8 Å². The van der Waals surface area contributed by atoms with Gasteiger partial charge in [-0.2, -0.15) is 0 Å². The molecule has 122 valence electrons. The molecule has 1 aromatic carbocycles. The van der Waals surface area contributed by atoms with E-state index in [1.807, 2.05) is 0 Å². The molecule has 0 bridgehead atoms. The van der Waals surface area contributed by atoms with Crippen LogP contribution in [0.3, 0.4) is 0 Å². The van der Waals surface area contributed by atoms with Crippen molar-refractivity contribution in [3.63, 3.8) is 0 Å². The highest BCUT2D eigenvalue weighted by Gasteiger charge is 2.23. The van der Waals surface area contributed by atoms with Crippen molar-refractivity contribution < 1.29 is 19.4 Å². The number of hydrogen-bond donors (Lipinski definition) is 1. The Bertz CT molecular complexity index is 529. The predicted molar refractivity (Wildman–Crippen MR) is 92.5 cm³/mol. The lowest BCUT2D eigenvalue weighted by Gasteiger charge is -2.12. The average Bonchev–Trinajstić information content (AvgIpc) is 2.44. The Labute approximate surface area is 144 Å². The van der Waals surface area contributed by atoms with E-state index in [2.05, 4.69) is 0 Å². The quantitative estimate of drug-likeness (QED) is 0.293. The monoisotopic (exact) mass is 382 g/mol. The molecule has 8 heteroatoms. The van der Waals surface area contributed by atoms with Crippen molar-refractivity contribution in [3.05, 3.63) is 29.8 Å². The molecule has 0 aliphatic carbocycles. The number of carboxylic acid groups (broad SMARTS) is 1. The number of carbonyl (C=O) groups is 1. The standard InChI is InChI=1S/C14H17Cl3O4Si/c1-20-13-10-11(5-7-14(18)19)4-6-12(13)21-8-2-3-9-22(15,16)17/h4-7,10H,2-3,8-9H2,1H3,(H,18,19)/b7-5+. The SMILES string of the molecule is COc1cc(/C=C/C(=O)O)ccc1OCCCC[Si](Cl)(Cl)Cl. The molecule has 0 amide bonds. The van der Waals surface area contributed by atoms with E-state index < -0.39 is 12.0 Å². The Morgan fingerprint density at radius 2 is 2.00 bits per heavy atom. The van der Waals surface area contributed by atoms with E-state index in [0.717, 1.165) is 18.9 Å². The van der Waals surface area contributed by atoms with Crippen molar-refractivity contribution in [1.29, 1.82) is 0 Å². The highest BCUT2D eigenvalue weighted by molar-refractivity contribution is 7.64. The minimum Gasteiger partial charge on any atom is -0.493 e. The molecule has 1 N–H and O–H groups in total. The van der Waals surface area contributed by atoms with Gasteiger partial charge in [-0.25, -0.2) is 4.79 Å². The van der Waals surface area contributed by atoms with Crippen molar-refractivity contribution in [2.24, 2.45) is 0 Å². The van der Waals surface area contributed by atoms with Crippen LogP contribution in [0.5, 0.6) is 11.5 Å². The van der Waals surface area contributed by atoms with Crippen LogP contribution in [0, 0.1) is 0 Å². The molecule has 0 saturated carbocycles. The Morgan fingerprint density at radius 1 is 1.27 bits per heavy atom. The Hall–Kier alpha value is -0.883. The molecule has 0 spiro atoms. The first-order valence-electron chi connectivity index (χ1n) is 6.60. The van der Waals surface area contributed by atoms with Gasteiger partial charge in [-0.1, -0.05) is 6.07 Å². The molecule has 1 rings (SSSR count). The minimum atomic E-state index is -2.55. The maximum atomic E-state index is 10.5. The fraction of sp³-hybridized carbons (Fsp3) is 0.357. The average molecular weight is 384 g/mol. The summed E-state index contributed by atoms with van der Waals surface area (Å²) >= 11 is 17.4. The maximum Gasteiger partial charge on any atom is 0.341 e. The number of aliphatic carboxylic acids is 1. The summed E-state index contributed by atoms with van der Waals surface area (Å²) in [6.45, 7) is 0.496. The molecular weight excluding hydrogens is 367 g/mol. The molecule has 0 radical (unpaired) electrons. The number of methoxy groups -OCH3 is 1. The van der Waals surface area contributed by atoms with Crippen molar-refractivity contribution >= 4 is 51.3 Å². The van der Waals surface area contributed by atoms with Gasteiger partial charge in [0, 0.05) is 6.08 Å². The summed E-state index contributed by atoms with van der Waals surface area (Å²) in [5, 5.41) is 8.61. The second-order valence-corrected chi connectivity index (χ2v) is 13.8. The molecule has 0 aliphatic rings. The van der Waals surface area contributed by atoms with Crippen LogP contribution in [0.2, 0.25) is 6.04 Å². The normalized spacial score (nSPS) is 11.6. The molecule has 1 aromatic rings. The summed E-state index contributed by atoms with van der Waals surface area (Å²) in [5.74, 6) is 0.140. The first-order valence-corrected chi connectivity index (χ1v) is 11.8. The van der Waals surface area contributed by atoms with Gasteiger partial charge in [0.15, 0.2) is 11.5 Å². The summed E-state index contributed by atoms with van der Waals surface area (Å²) in [4.78, 5) is 10.5. The number of ether oxygens (including phenoxy) is 2. The van der Waals surface area contributed by atoms with E-state index in [0.29, 0.717) is 29.7 Å². The smallest absolute Gasteiger partial charge is 0.341 e. The van der Waals surface area contributed by atoms with Crippen LogP contribution in [0.15, 0.2) is 24.3 Å². The van der Waals surface area contributed by atoms with Gasteiger partial charge >= 0.3 is 12.0 Å². The predicted octanol–water partition coefficient (Wildman–Crippen LogP) is 4.61. The van der Waals surface area contributed by atoms with Gasteiger partial charge in [0.2, 0.25) is 0 Å². The Morgan fingerprint density at radius 3 is 2.59 bits per heavy atom. The van der Waals surface area contributed by atoms with Gasteiger partial charge in [0.05, 0.1) is 13.7 Å². The third-order valence-electron chi connectivity index (χ3n) is 2.72. The molecule has 0 unspecified atom stereocenters. The zero-order valence-electron chi connectivity index (χ0n) is 12.0. The van der Waals surface area contributed by atoms with Gasteiger partial charge in [-0.15, -0.1) is 33.2 Å². The lowest BCUT2D eigenvalue weighted by molar-refractivity contribution is -0.131. The number of hydrogen-bond acceptors (Lipinski definition) is 3. The van der Waals surface area contributed by atoms with Crippen molar-refractivity contribution in [2.75, 3.05) is 13.7 Å². The molecule has 0 aromatic heterocycles.